The highest BCUT2D eigenvalue weighted by Gasteiger charge is 2.34. The third-order valence-corrected chi connectivity index (χ3v) is 4.37. The standard InChI is InChI=1S/C17H25F3N2O.ClH/c1-21-9-6-14-7-10-22(11-8-14)12-13-23-16-5-3-2-4-15(16)17(18,19)20;/h2-5,14,21H,6-13H2,1H3;1H. The molecule has 3 nitrogen and oxygen atoms in total. The Morgan fingerprint density at radius 3 is 2.50 bits per heavy atom. The Labute approximate surface area is 148 Å². The van der Waals surface area contributed by atoms with Crippen molar-refractivity contribution in [1.82, 2.24) is 10.2 Å². The van der Waals surface area contributed by atoms with Crippen molar-refractivity contribution in [1.29, 1.82) is 0 Å². The number of nitrogens with zero attached hydrogens (tertiary/aromatic N) is 1. The van der Waals surface area contributed by atoms with Gasteiger partial charge in [-0.2, -0.15) is 13.2 Å². The topological polar surface area (TPSA) is 24.5 Å². The first-order valence-corrected chi connectivity index (χ1v) is 8.16. The Kier molecular flexibility index (Phi) is 8.87. The first-order valence-electron chi connectivity index (χ1n) is 8.16. The molecule has 0 amide bonds. The lowest BCUT2D eigenvalue weighted by Gasteiger charge is -2.31. The van der Waals surface area contributed by atoms with Gasteiger partial charge in [-0.25, -0.2) is 0 Å². The summed E-state index contributed by atoms with van der Waals surface area (Å²) < 4.78 is 44.0. The Balaban J connectivity index is 0.00000288. The molecule has 138 valence electrons. The normalized spacial score (nSPS) is 16.7. The van der Waals surface area contributed by atoms with E-state index in [1.54, 1.807) is 6.07 Å². The first kappa shape index (κ1) is 21.1. The molecule has 1 aliphatic heterocycles. The number of halogens is 4. The summed E-state index contributed by atoms with van der Waals surface area (Å²) in [6, 6.07) is 5.39. The minimum Gasteiger partial charge on any atom is -0.492 e. The van der Waals surface area contributed by atoms with Crippen LogP contribution in [0.1, 0.15) is 24.8 Å². The predicted molar refractivity (Wildman–Crippen MR) is 91.9 cm³/mol. The van der Waals surface area contributed by atoms with Gasteiger partial charge in [-0.05, 0) is 64.0 Å². The second kappa shape index (κ2) is 10.1. The molecule has 0 saturated carbocycles. The van der Waals surface area contributed by atoms with Crippen LogP contribution in [0.5, 0.6) is 5.75 Å². The van der Waals surface area contributed by atoms with E-state index in [0.29, 0.717) is 6.54 Å². The van der Waals surface area contributed by atoms with Gasteiger partial charge in [-0.1, -0.05) is 12.1 Å². The van der Waals surface area contributed by atoms with Gasteiger partial charge in [0.25, 0.3) is 0 Å². The summed E-state index contributed by atoms with van der Waals surface area (Å²) in [4.78, 5) is 2.27. The molecule has 1 aromatic carbocycles. The maximum absolute atomic E-state index is 12.9. The molecule has 7 heteroatoms. The maximum atomic E-state index is 12.9. The van der Waals surface area contributed by atoms with Crippen LogP contribution in [-0.2, 0) is 6.18 Å². The SMILES string of the molecule is CNCCC1CCN(CCOc2ccccc2C(F)(F)F)CC1.Cl. The third-order valence-electron chi connectivity index (χ3n) is 4.37. The molecule has 24 heavy (non-hydrogen) atoms. The van der Waals surface area contributed by atoms with Crippen LogP contribution in [0.4, 0.5) is 13.2 Å². The van der Waals surface area contributed by atoms with Crippen LogP contribution < -0.4 is 10.1 Å². The predicted octanol–water partition coefficient (Wildman–Crippen LogP) is 3.83. The molecule has 0 atom stereocenters. The maximum Gasteiger partial charge on any atom is 0.419 e. The third kappa shape index (κ3) is 6.49. The van der Waals surface area contributed by atoms with Gasteiger partial charge in [0.15, 0.2) is 0 Å². The highest BCUT2D eigenvalue weighted by molar-refractivity contribution is 5.85. The van der Waals surface area contributed by atoms with E-state index in [2.05, 4.69) is 10.2 Å². The average molecular weight is 367 g/mol. The van der Waals surface area contributed by atoms with Crippen LogP contribution in [-0.4, -0.2) is 44.7 Å². The summed E-state index contributed by atoms with van der Waals surface area (Å²) in [6.45, 7) is 4.00. The van der Waals surface area contributed by atoms with Gasteiger partial charge in [0.05, 0.1) is 5.56 Å². The number of hydrogen-bond acceptors (Lipinski definition) is 3. The zero-order valence-corrected chi connectivity index (χ0v) is 14.8. The molecule has 0 spiro atoms. The number of hydrogen-bond donors (Lipinski definition) is 1. The molecule has 0 bridgehead atoms. The van der Waals surface area contributed by atoms with Crippen LogP contribution in [0, 0.1) is 5.92 Å². The van der Waals surface area contributed by atoms with E-state index in [1.165, 1.54) is 18.6 Å². The van der Waals surface area contributed by atoms with Crippen molar-refractivity contribution >= 4 is 12.4 Å². The molecule has 1 aliphatic rings. The van der Waals surface area contributed by atoms with Crippen molar-refractivity contribution in [2.75, 3.05) is 39.8 Å². The second-order valence-corrected chi connectivity index (χ2v) is 6.02. The van der Waals surface area contributed by atoms with Gasteiger partial charge < -0.3 is 10.1 Å². The number of ether oxygens (including phenoxy) is 1. The number of alkyl halides is 3. The van der Waals surface area contributed by atoms with Gasteiger partial charge in [0.2, 0.25) is 0 Å². The van der Waals surface area contributed by atoms with Crippen molar-refractivity contribution < 1.29 is 17.9 Å². The molecule has 1 fully saturated rings. The zero-order chi connectivity index (χ0) is 16.7. The molecular formula is C17H26ClF3N2O. The Bertz CT molecular complexity index is 477. The molecule has 1 saturated heterocycles. The van der Waals surface area contributed by atoms with Crippen LogP contribution in [0.2, 0.25) is 0 Å². The van der Waals surface area contributed by atoms with E-state index in [1.807, 2.05) is 7.05 Å². The Hall–Kier alpha value is -0.980. The van der Waals surface area contributed by atoms with E-state index >= 15 is 0 Å². The van der Waals surface area contributed by atoms with E-state index < -0.39 is 11.7 Å². The second-order valence-electron chi connectivity index (χ2n) is 6.02. The lowest BCUT2D eigenvalue weighted by atomic mass is 9.93. The summed E-state index contributed by atoms with van der Waals surface area (Å²) in [5.41, 5.74) is -0.703. The van der Waals surface area contributed by atoms with Crippen molar-refractivity contribution in [2.24, 2.45) is 5.92 Å². The van der Waals surface area contributed by atoms with Gasteiger partial charge in [0.1, 0.15) is 12.4 Å². The van der Waals surface area contributed by atoms with Gasteiger partial charge in [-0.15, -0.1) is 12.4 Å². The number of piperidine rings is 1. The summed E-state index contributed by atoms with van der Waals surface area (Å²) >= 11 is 0. The molecule has 1 aromatic rings. The lowest BCUT2D eigenvalue weighted by Crippen LogP contribution is -2.37. The van der Waals surface area contributed by atoms with Crippen molar-refractivity contribution in [3.63, 3.8) is 0 Å². The Morgan fingerprint density at radius 2 is 1.88 bits per heavy atom. The van der Waals surface area contributed by atoms with Crippen molar-refractivity contribution in [3.8, 4) is 5.75 Å². The quantitative estimate of drug-likeness (QED) is 0.793. The average Bonchev–Trinajstić information content (AvgIpc) is 2.53. The molecular weight excluding hydrogens is 341 g/mol. The molecule has 0 aliphatic carbocycles. The van der Waals surface area contributed by atoms with Gasteiger partial charge >= 0.3 is 6.18 Å². The fourth-order valence-corrected chi connectivity index (χ4v) is 2.96. The van der Waals surface area contributed by atoms with Crippen molar-refractivity contribution in [3.05, 3.63) is 29.8 Å². The van der Waals surface area contributed by atoms with Crippen LogP contribution in [0.3, 0.4) is 0 Å². The summed E-state index contributed by atoms with van der Waals surface area (Å²) in [5, 5.41) is 3.17. The zero-order valence-electron chi connectivity index (χ0n) is 13.9. The summed E-state index contributed by atoms with van der Waals surface area (Å²) in [5.74, 6) is 0.675. The minimum absolute atomic E-state index is 0. The number of benzene rings is 1. The lowest BCUT2D eigenvalue weighted by molar-refractivity contribution is -0.139. The molecule has 0 radical (unpaired) electrons. The number of nitrogens with one attached hydrogen (secondary N) is 1. The fraction of sp³-hybridized carbons (Fsp3) is 0.647. The largest absolute Gasteiger partial charge is 0.492 e. The monoisotopic (exact) mass is 366 g/mol. The van der Waals surface area contributed by atoms with Gasteiger partial charge in [-0.3, -0.25) is 4.90 Å². The number of para-hydroxylation sites is 1. The molecule has 0 unspecified atom stereocenters. The summed E-state index contributed by atoms with van der Waals surface area (Å²) in [7, 11) is 1.96. The van der Waals surface area contributed by atoms with E-state index in [-0.39, 0.29) is 24.8 Å². The van der Waals surface area contributed by atoms with E-state index in [9.17, 15) is 13.2 Å². The fourth-order valence-electron chi connectivity index (χ4n) is 2.96. The van der Waals surface area contributed by atoms with Crippen molar-refractivity contribution in [2.45, 2.75) is 25.4 Å². The number of rotatable bonds is 7. The molecule has 1 N–H and O–H groups in total. The first-order chi connectivity index (χ1) is 11.0. The highest BCUT2D eigenvalue weighted by Crippen LogP contribution is 2.35. The van der Waals surface area contributed by atoms with E-state index in [0.717, 1.165) is 44.5 Å². The molecule has 1 heterocycles. The van der Waals surface area contributed by atoms with Crippen LogP contribution >= 0.6 is 12.4 Å². The number of likely N-dealkylation sites (tertiary alicyclic amines) is 1. The van der Waals surface area contributed by atoms with E-state index in [4.69, 9.17) is 4.74 Å². The molecule has 0 aromatic heterocycles. The van der Waals surface area contributed by atoms with Crippen LogP contribution in [0.25, 0.3) is 0 Å². The summed E-state index contributed by atoms with van der Waals surface area (Å²) in [6.07, 6.45) is -0.871. The smallest absolute Gasteiger partial charge is 0.419 e. The molecule has 2 rings (SSSR count). The van der Waals surface area contributed by atoms with Crippen LogP contribution in [0.15, 0.2) is 24.3 Å². The highest BCUT2D eigenvalue weighted by atomic mass is 35.5. The minimum atomic E-state index is -4.37. The van der Waals surface area contributed by atoms with Gasteiger partial charge in [0, 0.05) is 6.54 Å². The Morgan fingerprint density at radius 1 is 1.21 bits per heavy atom.